The van der Waals surface area contributed by atoms with Crippen LogP contribution in [0.3, 0.4) is 0 Å². The highest BCUT2D eigenvalue weighted by atomic mass is 19.1. The van der Waals surface area contributed by atoms with Crippen LogP contribution in [0.5, 0.6) is 0 Å². The molecule has 2 aromatic carbocycles. The van der Waals surface area contributed by atoms with Gasteiger partial charge in [-0.05, 0) is 42.8 Å². The molecule has 0 aliphatic carbocycles. The van der Waals surface area contributed by atoms with Crippen LogP contribution in [0, 0.1) is 12.7 Å². The number of aromatic nitrogens is 4. The summed E-state index contributed by atoms with van der Waals surface area (Å²) in [6.45, 7) is 1.99. The molecular formula is C25H20FN5O2. The molecule has 0 spiro atoms. The third-order valence-corrected chi connectivity index (χ3v) is 5.21. The molecule has 5 rings (SSSR count). The third kappa shape index (κ3) is 4.36. The van der Waals surface area contributed by atoms with Crippen molar-refractivity contribution >= 4 is 17.4 Å². The fourth-order valence-corrected chi connectivity index (χ4v) is 3.56. The van der Waals surface area contributed by atoms with Crippen LogP contribution < -0.4 is 5.32 Å². The van der Waals surface area contributed by atoms with E-state index in [0.717, 1.165) is 16.8 Å². The van der Waals surface area contributed by atoms with Crippen molar-refractivity contribution in [3.05, 3.63) is 90.2 Å². The van der Waals surface area contributed by atoms with Crippen molar-refractivity contribution in [1.29, 1.82) is 0 Å². The zero-order valence-electron chi connectivity index (χ0n) is 17.8. The Morgan fingerprint density at radius 1 is 1.00 bits per heavy atom. The van der Waals surface area contributed by atoms with Gasteiger partial charge in [0.15, 0.2) is 0 Å². The highest BCUT2D eigenvalue weighted by Crippen LogP contribution is 2.29. The predicted molar refractivity (Wildman–Crippen MR) is 122 cm³/mol. The van der Waals surface area contributed by atoms with E-state index in [9.17, 15) is 9.18 Å². The predicted octanol–water partition coefficient (Wildman–Crippen LogP) is 5.07. The molecule has 8 heteroatoms. The van der Waals surface area contributed by atoms with Gasteiger partial charge in [0.05, 0.1) is 0 Å². The van der Waals surface area contributed by atoms with E-state index in [1.54, 1.807) is 12.1 Å². The Labute approximate surface area is 188 Å². The van der Waals surface area contributed by atoms with E-state index in [1.807, 2.05) is 60.0 Å². The molecule has 164 valence electrons. The Hall–Kier alpha value is -4.33. The number of halogens is 1. The van der Waals surface area contributed by atoms with Crippen molar-refractivity contribution in [2.75, 3.05) is 5.32 Å². The van der Waals surface area contributed by atoms with Gasteiger partial charge in [0.1, 0.15) is 23.0 Å². The summed E-state index contributed by atoms with van der Waals surface area (Å²) in [6, 6.07) is 19.5. The maximum Gasteiger partial charge on any atom is 0.227 e. The maximum atomic E-state index is 13.1. The zero-order chi connectivity index (χ0) is 22.8. The molecule has 0 aliphatic rings. The van der Waals surface area contributed by atoms with Gasteiger partial charge in [-0.3, -0.25) is 9.20 Å². The van der Waals surface area contributed by atoms with Crippen molar-refractivity contribution in [3.63, 3.8) is 0 Å². The summed E-state index contributed by atoms with van der Waals surface area (Å²) in [5, 5.41) is 6.92. The number of fused-ring (bicyclic) bond motifs is 1. The van der Waals surface area contributed by atoms with Gasteiger partial charge in [0.25, 0.3) is 0 Å². The van der Waals surface area contributed by atoms with Crippen molar-refractivity contribution in [2.45, 2.75) is 19.8 Å². The standard InChI is InChI=1S/C25H20FN5O2/c1-16-7-12-20-27-23(17-5-3-2-4-6-17)25(31(20)15-16)28-21(32)13-14-22-29-24(30-33-22)18-8-10-19(26)11-9-18/h2-12,15H,13-14H2,1H3,(H,28,32). The number of anilines is 1. The van der Waals surface area contributed by atoms with E-state index in [-0.39, 0.29) is 24.6 Å². The lowest BCUT2D eigenvalue weighted by Crippen LogP contribution is -2.14. The molecule has 1 amide bonds. The molecule has 0 radical (unpaired) electrons. The fourth-order valence-electron chi connectivity index (χ4n) is 3.56. The average Bonchev–Trinajstić information content (AvgIpc) is 3.44. The summed E-state index contributed by atoms with van der Waals surface area (Å²) in [4.78, 5) is 21.9. The molecule has 33 heavy (non-hydrogen) atoms. The number of imidazole rings is 1. The van der Waals surface area contributed by atoms with Crippen molar-refractivity contribution in [2.24, 2.45) is 0 Å². The Morgan fingerprint density at radius 2 is 1.79 bits per heavy atom. The normalized spacial score (nSPS) is 11.1. The quantitative estimate of drug-likeness (QED) is 0.398. The fraction of sp³-hybridized carbons (Fsp3) is 0.120. The molecule has 3 heterocycles. The monoisotopic (exact) mass is 441 g/mol. The lowest BCUT2D eigenvalue weighted by Gasteiger charge is -2.08. The minimum absolute atomic E-state index is 0.151. The topological polar surface area (TPSA) is 85.3 Å². The molecule has 3 aromatic heterocycles. The summed E-state index contributed by atoms with van der Waals surface area (Å²) in [5.74, 6) is 0.770. The number of benzene rings is 2. The van der Waals surface area contributed by atoms with Crippen LogP contribution in [0.15, 0.2) is 77.4 Å². The Balaban J connectivity index is 1.34. The molecule has 0 bridgehead atoms. The minimum Gasteiger partial charge on any atom is -0.339 e. The van der Waals surface area contributed by atoms with Gasteiger partial charge in [0.2, 0.25) is 17.6 Å². The van der Waals surface area contributed by atoms with E-state index in [4.69, 9.17) is 9.51 Å². The third-order valence-electron chi connectivity index (χ3n) is 5.21. The molecular weight excluding hydrogens is 421 g/mol. The first-order valence-corrected chi connectivity index (χ1v) is 10.5. The number of rotatable bonds is 6. The Morgan fingerprint density at radius 3 is 2.58 bits per heavy atom. The number of carbonyl (C=O) groups is 1. The van der Waals surface area contributed by atoms with Crippen molar-refractivity contribution in [1.82, 2.24) is 19.5 Å². The highest BCUT2D eigenvalue weighted by molar-refractivity contribution is 5.94. The van der Waals surface area contributed by atoms with Crippen LogP contribution in [0.25, 0.3) is 28.3 Å². The number of pyridine rings is 1. The molecule has 7 nitrogen and oxygen atoms in total. The summed E-state index contributed by atoms with van der Waals surface area (Å²) in [5.41, 5.74) is 4.05. The van der Waals surface area contributed by atoms with Gasteiger partial charge >= 0.3 is 0 Å². The lowest BCUT2D eigenvalue weighted by atomic mass is 10.1. The number of carbonyl (C=O) groups excluding carboxylic acids is 1. The van der Waals surface area contributed by atoms with E-state index in [1.165, 1.54) is 12.1 Å². The van der Waals surface area contributed by atoms with E-state index < -0.39 is 0 Å². The SMILES string of the molecule is Cc1ccc2nc(-c3ccccc3)c(NC(=O)CCc3nc(-c4ccc(F)cc4)no3)n2c1. The van der Waals surface area contributed by atoms with Gasteiger partial charge < -0.3 is 9.84 Å². The summed E-state index contributed by atoms with van der Waals surface area (Å²) in [6.07, 6.45) is 2.37. The summed E-state index contributed by atoms with van der Waals surface area (Å²) >= 11 is 0. The molecule has 0 atom stereocenters. The molecule has 0 aliphatic heterocycles. The second-order valence-corrected chi connectivity index (χ2v) is 7.68. The minimum atomic E-state index is -0.336. The summed E-state index contributed by atoms with van der Waals surface area (Å²) in [7, 11) is 0. The molecule has 0 saturated heterocycles. The first kappa shape index (κ1) is 20.6. The average molecular weight is 441 g/mol. The van der Waals surface area contributed by atoms with Gasteiger partial charge in [0, 0.05) is 30.2 Å². The molecule has 1 N–H and O–H groups in total. The van der Waals surface area contributed by atoms with E-state index in [2.05, 4.69) is 15.5 Å². The summed E-state index contributed by atoms with van der Waals surface area (Å²) < 4.78 is 20.3. The first-order valence-electron chi connectivity index (χ1n) is 10.5. The number of hydrogen-bond donors (Lipinski definition) is 1. The Bertz CT molecular complexity index is 1420. The first-order chi connectivity index (χ1) is 16.1. The van der Waals surface area contributed by atoms with Gasteiger partial charge in [-0.25, -0.2) is 9.37 Å². The lowest BCUT2D eigenvalue weighted by molar-refractivity contribution is -0.116. The molecule has 0 fully saturated rings. The van der Waals surface area contributed by atoms with E-state index >= 15 is 0 Å². The van der Waals surface area contributed by atoms with Crippen LogP contribution in [0.2, 0.25) is 0 Å². The molecule has 0 saturated carbocycles. The van der Waals surface area contributed by atoms with Crippen molar-refractivity contribution in [3.8, 4) is 22.6 Å². The van der Waals surface area contributed by atoms with E-state index in [0.29, 0.717) is 28.8 Å². The second kappa shape index (κ2) is 8.66. The number of nitrogens with one attached hydrogen (secondary N) is 1. The molecule has 0 unspecified atom stereocenters. The zero-order valence-corrected chi connectivity index (χ0v) is 17.8. The number of aryl methyl sites for hydroxylation is 2. The van der Waals surface area contributed by atoms with Crippen LogP contribution in [0.4, 0.5) is 10.2 Å². The van der Waals surface area contributed by atoms with Crippen LogP contribution >= 0.6 is 0 Å². The van der Waals surface area contributed by atoms with Crippen LogP contribution in [0.1, 0.15) is 17.9 Å². The largest absolute Gasteiger partial charge is 0.339 e. The van der Waals surface area contributed by atoms with Crippen LogP contribution in [-0.2, 0) is 11.2 Å². The van der Waals surface area contributed by atoms with Gasteiger partial charge in [-0.2, -0.15) is 4.98 Å². The maximum absolute atomic E-state index is 13.1. The van der Waals surface area contributed by atoms with Crippen molar-refractivity contribution < 1.29 is 13.7 Å². The number of amides is 1. The highest BCUT2D eigenvalue weighted by Gasteiger charge is 2.17. The number of nitrogens with zero attached hydrogens (tertiary/aromatic N) is 4. The van der Waals surface area contributed by atoms with Crippen LogP contribution in [-0.4, -0.2) is 25.4 Å². The molecule has 5 aromatic rings. The number of hydrogen-bond acceptors (Lipinski definition) is 5. The second-order valence-electron chi connectivity index (χ2n) is 7.68. The Kier molecular flexibility index (Phi) is 5.40. The van der Waals surface area contributed by atoms with Gasteiger partial charge in [-0.1, -0.05) is 41.6 Å². The van der Waals surface area contributed by atoms with Gasteiger partial charge in [-0.15, -0.1) is 0 Å². The smallest absolute Gasteiger partial charge is 0.227 e.